The molecule has 1 aliphatic carbocycles. The zero-order valence-corrected chi connectivity index (χ0v) is 11.4. The molecule has 1 heterocycles. The highest BCUT2D eigenvalue weighted by atomic mass is 15.1. The van der Waals surface area contributed by atoms with Crippen LogP contribution in [-0.4, -0.2) is 37.6 Å². The molecule has 2 atom stereocenters. The van der Waals surface area contributed by atoms with Gasteiger partial charge in [0.15, 0.2) is 0 Å². The van der Waals surface area contributed by atoms with Crippen molar-refractivity contribution < 1.29 is 0 Å². The summed E-state index contributed by atoms with van der Waals surface area (Å²) in [5.74, 6) is 1.57. The fraction of sp³-hybridized carbons (Fsp3) is 0.625. The first-order valence-electron chi connectivity index (χ1n) is 7.34. The minimum atomic E-state index is 0.778. The lowest BCUT2D eigenvalue weighted by Crippen LogP contribution is -2.42. The summed E-state index contributed by atoms with van der Waals surface area (Å²) >= 11 is 0. The Morgan fingerprint density at radius 1 is 1.33 bits per heavy atom. The molecule has 2 heteroatoms. The van der Waals surface area contributed by atoms with Crippen molar-refractivity contribution in [2.75, 3.05) is 32.7 Å². The molecule has 0 amide bonds. The van der Waals surface area contributed by atoms with Crippen LogP contribution in [-0.2, 0) is 6.42 Å². The number of nitrogens with one attached hydrogen (secondary N) is 1. The van der Waals surface area contributed by atoms with E-state index in [1.165, 1.54) is 45.6 Å². The highest BCUT2D eigenvalue weighted by Crippen LogP contribution is 2.35. The first kappa shape index (κ1) is 12.2. The van der Waals surface area contributed by atoms with Gasteiger partial charge in [-0.15, -0.1) is 0 Å². The molecule has 2 nitrogen and oxygen atoms in total. The Bertz CT molecular complexity index is 402. The van der Waals surface area contributed by atoms with Crippen molar-refractivity contribution in [2.45, 2.75) is 25.7 Å². The molecule has 1 aliphatic heterocycles. The maximum absolute atomic E-state index is 3.53. The molecule has 2 unspecified atom stereocenters. The fourth-order valence-electron chi connectivity index (χ4n) is 3.38. The summed E-state index contributed by atoms with van der Waals surface area (Å²) in [7, 11) is 0. The van der Waals surface area contributed by atoms with Crippen LogP contribution in [0.2, 0.25) is 0 Å². The third-order valence-corrected chi connectivity index (χ3v) is 4.33. The smallest absolute Gasteiger partial charge is 0.00537 e. The molecule has 1 fully saturated rings. The van der Waals surface area contributed by atoms with E-state index in [1.54, 1.807) is 11.1 Å². The fourth-order valence-corrected chi connectivity index (χ4v) is 3.38. The highest BCUT2D eigenvalue weighted by Gasteiger charge is 2.27. The van der Waals surface area contributed by atoms with Crippen LogP contribution in [0.25, 0.3) is 0 Å². The van der Waals surface area contributed by atoms with Gasteiger partial charge in [-0.05, 0) is 49.5 Å². The molecule has 0 aromatic heterocycles. The van der Waals surface area contributed by atoms with Gasteiger partial charge in [0.05, 0.1) is 0 Å². The Kier molecular flexibility index (Phi) is 3.67. The molecule has 0 spiro atoms. The minimum absolute atomic E-state index is 0.778. The van der Waals surface area contributed by atoms with Crippen molar-refractivity contribution in [3.05, 3.63) is 35.4 Å². The van der Waals surface area contributed by atoms with E-state index in [0.717, 1.165) is 11.8 Å². The van der Waals surface area contributed by atoms with E-state index in [4.69, 9.17) is 0 Å². The van der Waals surface area contributed by atoms with Crippen molar-refractivity contribution in [1.82, 2.24) is 10.2 Å². The van der Waals surface area contributed by atoms with E-state index in [1.807, 2.05) is 0 Å². The lowest BCUT2D eigenvalue weighted by atomic mass is 9.77. The van der Waals surface area contributed by atoms with Crippen LogP contribution in [0.4, 0.5) is 0 Å². The maximum Gasteiger partial charge on any atom is 0.00537 e. The lowest BCUT2D eigenvalue weighted by Gasteiger charge is -2.37. The standard InChI is InChI=1S/C16H24N2/c1-13-10-17-7-4-8-18(11-13)12-15-9-14-5-2-3-6-16(14)15/h2-3,5-6,13,15,17H,4,7-12H2,1H3. The van der Waals surface area contributed by atoms with Gasteiger partial charge in [0, 0.05) is 19.0 Å². The molecule has 1 saturated heterocycles. The van der Waals surface area contributed by atoms with Gasteiger partial charge in [0.2, 0.25) is 0 Å². The van der Waals surface area contributed by atoms with Crippen molar-refractivity contribution >= 4 is 0 Å². The van der Waals surface area contributed by atoms with Gasteiger partial charge in [0.1, 0.15) is 0 Å². The van der Waals surface area contributed by atoms with Gasteiger partial charge >= 0.3 is 0 Å². The number of hydrogen-bond acceptors (Lipinski definition) is 2. The van der Waals surface area contributed by atoms with Crippen LogP contribution >= 0.6 is 0 Å². The van der Waals surface area contributed by atoms with Crippen molar-refractivity contribution in [1.29, 1.82) is 0 Å². The van der Waals surface area contributed by atoms with Crippen LogP contribution in [0.1, 0.15) is 30.4 Å². The zero-order valence-electron chi connectivity index (χ0n) is 11.4. The minimum Gasteiger partial charge on any atom is -0.316 e. The summed E-state index contributed by atoms with van der Waals surface area (Å²) in [6, 6.07) is 8.95. The van der Waals surface area contributed by atoms with Gasteiger partial charge in [-0.1, -0.05) is 31.2 Å². The second-order valence-electron chi connectivity index (χ2n) is 6.02. The van der Waals surface area contributed by atoms with E-state index >= 15 is 0 Å². The van der Waals surface area contributed by atoms with Gasteiger partial charge in [-0.3, -0.25) is 0 Å². The molecule has 0 radical (unpaired) electrons. The lowest BCUT2D eigenvalue weighted by molar-refractivity contribution is 0.199. The molecule has 18 heavy (non-hydrogen) atoms. The van der Waals surface area contributed by atoms with Crippen LogP contribution in [0, 0.1) is 5.92 Å². The molecule has 3 rings (SSSR count). The number of nitrogens with zero attached hydrogens (tertiary/aromatic N) is 1. The second kappa shape index (κ2) is 5.41. The predicted octanol–water partition coefficient (Wildman–Crippen LogP) is 2.26. The molecule has 2 aliphatic rings. The first-order valence-corrected chi connectivity index (χ1v) is 7.34. The van der Waals surface area contributed by atoms with Gasteiger partial charge < -0.3 is 10.2 Å². The third kappa shape index (κ3) is 2.60. The average molecular weight is 244 g/mol. The average Bonchev–Trinajstić information content (AvgIpc) is 2.32. The van der Waals surface area contributed by atoms with E-state index in [0.29, 0.717) is 0 Å². The Hall–Kier alpha value is -0.860. The monoisotopic (exact) mass is 244 g/mol. The zero-order chi connectivity index (χ0) is 12.4. The summed E-state index contributed by atoms with van der Waals surface area (Å²) < 4.78 is 0. The molecule has 1 aromatic carbocycles. The molecular weight excluding hydrogens is 220 g/mol. The normalized spacial score (nSPS) is 28.9. The number of rotatable bonds is 2. The van der Waals surface area contributed by atoms with Crippen molar-refractivity contribution in [2.24, 2.45) is 5.92 Å². The topological polar surface area (TPSA) is 15.3 Å². The predicted molar refractivity (Wildman–Crippen MR) is 76.0 cm³/mol. The van der Waals surface area contributed by atoms with E-state index in [-0.39, 0.29) is 0 Å². The Balaban J connectivity index is 1.59. The maximum atomic E-state index is 3.53. The SMILES string of the molecule is CC1CNCCCN(CC2Cc3ccccc32)C1. The molecule has 1 N–H and O–H groups in total. The highest BCUT2D eigenvalue weighted by molar-refractivity contribution is 5.40. The third-order valence-electron chi connectivity index (χ3n) is 4.33. The van der Waals surface area contributed by atoms with Crippen LogP contribution < -0.4 is 5.32 Å². The number of hydrogen-bond donors (Lipinski definition) is 1. The van der Waals surface area contributed by atoms with Gasteiger partial charge in [-0.2, -0.15) is 0 Å². The Labute approximate surface area is 110 Å². The Morgan fingerprint density at radius 3 is 3.11 bits per heavy atom. The van der Waals surface area contributed by atoms with Gasteiger partial charge in [0.25, 0.3) is 0 Å². The number of benzene rings is 1. The molecule has 0 saturated carbocycles. The number of fused-ring (bicyclic) bond motifs is 1. The summed E-state index contributed by atoms with van der Waals surface area (Å²) in [4.78, 5) is 2.69. The van der Waals surface area contributed by atoms with Crippen molar-refractivity contribution in [3.63, 3.8) is 0 Å². The van der Waals surface area contributed by atoms with Crippen LogP contribution in [0.3, 0.4) is 0 Å². The summed E-state index contributed by atoms with van der Waals surface area (Å²) in [6.45, 7) is 8.50. The largest absolute Gasteiger partial charge is 0.316 e. The van der Waals surface area contributed by atoms with E-state index in [2.05, 4.69) is 41.4 Å². The van der Waals surface area contributed by atoms with Crippen molar-refractivity contribution in [3.8, 4) is 0 Å². The first-order chi connectivity index (χ1) is 8.83. The molecular formula is C16H24N2. The quantitative estimate of drug-likeness (QED) is 0.858. The van der Waals surface area contributed by atoms with E-state index < -0.39 is 0 Å². The van der Waals surface area contributed by atoms with Crippen LogP contribution in [0.15, 0.2) is 24.3 Å². The van der Waals surface area contributed by atoms with E-state index in [9.17, 15) is 0 Å². The summed E-state index contributed by atoms with van der Waals surface area (Å²) in [5, 5.41) is 3.53. The summed E-state index contributed by atoms with van der Waals surface area (Å²) in [6.07, 6.45) is 2.58. The van der Waals surface area contributed by atoms with Crippen LogP contribution in [0.5, 0.6) is 0 Å². The second-order valence-corrected chi connectivity index (χ2v) is 6.02. The molecule has 1 aromatic rings. The molecule has 0 bridgehead atoms. The van der Waals surface area contributed by atoms with Gasteiger partial charge in [-0.25, -0.2) is 0 Å². The summed E-state index contributed by atoms with van der Waals surface area (Å²) in [5.41, 5.74) is 3.18. The Morgan fingerprint density at radius 2 is 2.22 bits per heavy atom. The molecule has 98 valence electrons.